The van der Waals surface area contributed by atoms with Crippen LogP contribution in [-0.4, -0.2) is 49.2 Å². The largest absolute Gasteiger partial charge is 0.453 e. The number of thiazole rings is 1. The molecule has 0 atom stereocenters. The molecule has 30 heavy (non-hydrogen) atoms. The second-order valence-corrected chi connectivity index (χ2v) is 10.3. The third kappa shape index (κ3) is 4.36. The summed E-state index contributed by atoms with van der Waals surface area (Å²) in [4.78, 5) is 28.9. The third-order valence-electron chi connectivity index (χ3n) is 4.69. The fourth-order valence-electron chi connectivity index (χ4n) is 3.06. The molecule has 0 amide bonds. The summed E-state index contributed by atoms with van der Waals surface area (Å²) >= 11 is 2.87. The first kappa shape index (κ1) is 20.9. The van der Waals surface area contributed by atoms with Gasteiger partial charge in [0, 0.05) is 35.0 Å². The number of benzene rings is 1. The maximum absolute atomic E-state index is 12.5. The number of carbonyl (C=O) groups excluding carboxylic acids is 2. The fourth-order valence-corrected chi connectivity index (χ4v) is 6.08. The Hall–Kier alpha value is -2.40. The number of nitrogens with zero attached hydrogens (tertiary/aromatic N) is 2. The van der Waals surface area contributed by atoms with E-state index < -0.39 is 28.4 Å². The van der Waals surface area contributed by atoms with Crippen molar-refractivity contribution >= 4 is 44.4 Å². The van der Waals surface area contributed by atoms with Crippen LogP contribution in [0.1, 0.15) is 33.7 Å². The normalized spacial score (nSPS) is 14.7. The first-order valence-electron chi connectivity index (χ1n) is 9.24. The summed E-state index contributed by atoms with van der Waals surface area (Å²) in [6.45, 7) is 0.593. The molecular formula is C20H18N2O5S3. The molecule has 1 saturated heterocycles. The number of sulfonamides is 1. The smallest absolute Gasteiger partial charge is 0.358 e. The van der Waals surface area contributed by atoms with Crippen molar-refractivity contribution in [3.8, 4) is 10.6 Å². The predicted molar refractivity (Wildman–Crippen MR) is 114 cm³/mol. The number of hydrogen-bond donors (Lipinski definition) is 0. The Bertz CT molecular complexity index is 1150. The standard InChI is InChI=1S/C20H18N2O5S3/c23-18(11-27-20(24)17-13-29-19(21-17)15-7-10-28-12-15)14-3-5-16(6-4-14)30(25,26)22-8-1-2-9-22/h3-7,10,12-13H,1-2,8-9,11H2. The molecule has 1 aromatic carbocycles. The van der Waals surface area contributed by atoms with Crippen LogP contribution in [0.5, 0.6) is 0 Å². The molecule has 0 bridgehead atoms. The molecule has 7 nitrogen and oxygen atoms in total. The summed E-state index contributed by atoms with van der Waals surface area (Å²) in [6.07, 6.45) is 1.71. The van der Waals surface area contributed by atoms with Gasteiger partial charge >= 0.3 is 5.97 Å². The summed E-state index contributed by atoms with van der Waals surface area (Å²) in [5.74, 6) is -1.09. The lowest BCUT2D eigenvalue weighted by atomic mass is 10.1. The molecule has 0 radical (unpaired) electrons. The number of rotatable bonds is 7. The summed E-state index contributed by atoms with van der Waals surface area (Å²) in [5, 5.41) is 6.17. The Labute approximate surface area is 182 Å². The van der Waals surface area contributed by atoms with Crippen LogP contribution in [-0.2, 0) is 14.8 Å². The average Bonchev–Trinajstić information content (AvgIpc) is 3.52. The number of carbonyl (C=O) groups is 2. The van der Waals surface area contributed by atoms with Crippen LogP contribution >= 0.6 is 22.7 Å². The lowest BCUT2D eigenvalue weighted by Gasteiger charge is -2.15. The van der Waals surface area contributed by atoms with Crippen molar-refractivity contribution in [3.05, 3.63) is 57.7 Å². The molecule has 4 rings (SSSR count). The molecule has 0 spiro atoms. The van der Waals surface area contributed by atoms with Crippen LogP contribution in [0.2, 0.25) is 0 Å². The number of Topliss-reactive ketones (excluding diaryl/α,β-unsaturated/α-hetero) is 1. The molecule has 0 unspecified atom stereocenters. The van der Waals surface area contributed by atoms with Crippen LogP contribution < -0.4 is 0 Å². The van der Waals surface area contributed by atoms with Crippen molar-refractivity contribution in [2.24, 2.45) is 0 Å². The predicted octanol–water partition coefficient (Wildman–Crippen LogP) is 3.70. The van der Waals surface area contributed by atoms with Gasteiger partial charge in [-0.25, -0.2) is 18.2 Å². The van der Waals surface area contributed by atoms with E-state index in [0.717, 1.165) is 18.4 Å². The van der Waals surface area contributed by atoms with Crippen LogP contribution in [0.4, 0.5) is 0 Å². The molecule has 1 fully saturated rings. The van der Waals surface area contributed by atoms with Gasteiger partial charge in [0.05, 0.1) is 4.90 Å². The molecular weight excluding hydrogens is 444 g/mol. The molecule has 0 N–H and O–H groups in total. The summed E-state index contributed by atoms with van der Waals surface area (Å²) in [7, 11) is -3.53. The van der Waals surface area contributed by atoms with E-state index in [1.165, 1.54) is 51.2 Å². The third-order valence-corrected chi connectivity index (χ3v) is 8.18. The van der Waals surface area contributed by atoms with Crippen molar-refractivity contribution in [2.75, 3.05) is 19.7 Å². The van der Waals surface area contributed by atoms with Crippen LogP contribution in [0.25, 0.3) is 10.6 Å². The zero-order valence-corrected chi connectivity index (χ0v) is 18.3. The van der Waals surface area contributed by atoms with Gasteiger partial charge in [0.15, 0.2) is 18.1 Å². The average molecular weight is 463 g/mol. The van der Waals surface area contributed by atoms with Gasteiger partial charge in [0.25, 0.3) is 0 Å². The van der Waals surface area contributed by atoms with E-state index in [2.05, 4.69) is 4.98 Å². The Morgan fingerprint density at radius 3 is 2.47 bits per heavy atom. The summed E-state index contributed by atoms with van der Waals surface area (Å²) < 4.78 is 31.6. The quantitative estimate of drug-likeness (QED) is 0.393. The van der Waals surface area contributed by atoms with Crippen molar-refractivity contribution in [3.63, 3.8) is 0 Å². The number of hydrogen-bond acceptors (Lipinski definition) is 8. The molecule has 2 aromatic heterocycles. The maximum Gasteiger partial charge on any atom is 0.358 e. The van der Waals surface area contributed by atoms with Crippen molar-refractivity contribution < 1.29 is 22.7 Å². The van der Waals surface area contributed by atoms with E-state index in [9.17, 15) is 18.0 Å². The zero-order valence-electron chi connectivity index (χ0n) is 15.8. The van der Waals surface area contributed by atoms with E-state index in [1.54, 1.807) is 5.38 Å². The van der Waals surface area contributed by atoms with Crippen LogP contribution in [0.3, 0.4) is 0 Å². The number of aromatic nitrogens is 1. The van der Waals surface area contributed by atoms with Crippen molar-refractivity contribution in [2.45, 2.75) is 17.7 Å². The van der Waals surface area contributed by atoms with E-state index in [-0.39, 0.29) is 16.2 Å². The minimum atomic E-state index is -3.53. The monoisotopic (exact) mass is 462 g/mol. The van der Waals surface area contributed by atoms with Gasteiger partial charge in [-0.15, -0.1) is 11.3 Å². The highest BCUT2D eigenvalue weighted by Crippen LogP contribution is 2.26. The molecule has 0 saturated carbocycles. The molecule has 3 aromatic rings. The van der Waals surface area contributed by atoms with E-state index in [1.807, 2.05) is 16.8 Å². The van der Waals surface area contributed by atoms with Crippen LogP contribution in [0.15, 0.2) is 51.4 Å². The molecule has 10 heteroatoms. The lowest BCUT2D eigenvalue weighted by Crippen LogP contribution is -2.27. The first-order chi connectivity index (χ1) is 14.4. The second-order valence-electron chi connectivity index (χ2n) is 6.68. The zero-order chi connectivity index (χ0) is 21.1. The number of ketones is 1. The molecule has 156 valence electrons. The Morgan fingerprint density at radius 2 is 1.80 bits per heavy atom. The highest BCUT2D eigenvalue weighted by Gasteiger charge is 2.27. The highest BCUT2D eigenvalue weighted by molar-refractivity contribution is 7.89. The maximum atomic E-state index is 12.5. The second kappa shape index (κ2) is 8.76. The Balaban J connectivity index is 1.36. The highest BCUT2D eigenvalue weighted by atomic mass is 32.2. The topological polar surface area (TPSA) is 93.6 Å². The first-order valence-corrected chi connectivity index (χ1v) is 12.5. The van der Waals surface area contributed by atoms with E-state index in [0.29, 0.717) is 18.1 Å². The summed E-state index contributed by atoms with van der Waals surface area (Å²) in [6, 6.07) is 7.62. The molecule has 1 aliphatic rings. The van der Waals surface area contributed by atoms with Gasteiger partial charge < -0.3 is 4.74 Å². The van der Waals surface area contributed by atoms with Gasteiger partial charge in [-0.05, 0) is 48.6 Å². The van der Waals surface area contributed by atoms with E-state index >= 15 is 0 Å². The van der Waals surface area contributed by atoms with Gasteiger partial charge in [0.1, 0.15) is 5.01 Å². The Morgan fingerprint density at radius 1 is 1.07 bits per heavy atom. The van der Waals surface area contributed by atoms with Crippen molar-refractivity contribution in [1.29, 1.82) is 0 Å². The van der Waals surface area contributed by atoms with Gasteiger partial charge in [-0.1, -0.05) is 0 Å². The molecule has 0 aliphatic carbocycles. The van der Waals surface area contributed by atoms with Gasteiger partial charge in [-0.3, -0.25) is 4.79 Å². The minimum absolute atomic E-state index is 0.154. The minimum Gasteiger partial charge on any atom is -0.453 e. The Kier molecular flexibility index (Phi) is 6.09. The SMILES string of the molecule is O=C(COC(=O)c1csc(-c2ccsc2)n1)c1ccc(S(=O)(=O)N2CCCC2)cc1. The molecule has 3 heterocycles. The molecule has 1 aliphatic heterocycles. The summed E-state index contributed by atoms with van der Waals surface area (Å²) in [5.41, 5.74) is 1.37. The number of thiophene rings is 1. The lowest BCUT2D eigenvalue weighted by molar-refractivity contribution is 0.0470. The van der Waals surface area contributed by atoms with Gasteiger partial charge in [0.2, 0.25) is 10.0 Å². The van der Waals surface area contributed by atoms with Crippen LogP contribution in [0, 0.1) is 0 Å². The number of ether oxygens (including phenoxy) is 1. The van der Waals surface area contributed by atoms with Crippen molar-refractivity contribution in [1.82, 2.24) is 9.29 Å². The van der Waals surface area contributed by atoms with Gasteiger partial charge in [-0.2, -0.15) is 15.6 Å². The number of esters is 1. The fraction of sp³-hybridized carbons (Fsp3) is 0.250. The van der Waals surface area contributed by atoms with E-state index in [4.69, 9.17) is 4.74 Å².